The standard InChI is InChI=1S/C16H17N5O5/c22-5-10-12(23)13(25-6-9-1-3-17-4-2-9)16(26-10)21-8-20-11-14(21)18-7-19-15(11)24/h1-4,7-8,10,12-13,16,22-23H,5-6H2,(H,18,19,24)/t10-,12-,13-,16-/m1/s1. The zero-order chi connectivity index (χ0) is 18.1. The number of rotatable bonds is 5. The second-order valence-electron chi connectivity index (χ2n) is 5.93. The summed E-state index contributed by atoms with van der Waals surface area (Å²) in [6.07, 6.45) is 2.54. The van der Waals surface area contributed by atoms with Crippen molar-refractivity contribution in [2.45, 2.75) is 31.1 Å². The van der Waals surface area contributed by atoms with E-state index < -0.39 is 24.5 Å². The number of aliphatic hydroxyl groups excluding tert-OH is 2. The fourth-order valence-electron chi connectivity index (χ4n) is 2.99. The minimum absolute atomic E-state index is 0.158. The minimum atomic E-state index is -1.05. The third-order valence-electron chi connectivity index (χ3n) is 4.32. The molecule has 0 saturated carbocycles. The minimum Gasteiger partial charge on any atom is -0.394 e. The summed E-state index contributed by atoms with van der Waals surface area (Å²) < 4.78 is 13.2. The number of pyridine rings is 1. The van der Waals surface area contributed by atoms with Gasteiger partial charge in [0.25, 0.3) is 5.56 Å². The lowest BCUT2D eigenvalue weighted by Crippen LogP contribution is -2.35. The van der Waals surface area contributed by atoms with Crippen LogP contribution in [0.1, 0.15) is 11.8 Å². The van der Waals surface area contributed by atoms with Crippen LogP contribution in [0.5, 0.6) is 0 Å². The number of aliphatic hydroxyl groups is 2. The third-order valence-corrected chi connectivity index (χ3v) is 4.32. The second kappa shape index (κ2) is 6.92. The second-order valence-corrected chi connectivity index (χ2v) is 5.93. The van der Waals surface area contributed by atoms with Crippen LogP contribution in [0.15, 0.2) is 42.0 Å². The molecule has 26 heavy (non-hydrogen) atoms. The van der Waals surface area contributed by atoms with Crippen LogP contribution in [-0.2, 0) is 16.1 Å². The number of aromatic nitrogens is 5. The molecule has 0 unspecified atom stereocenters. The fraction of sp³-hybridized carbons (Fsp3) is 0.375. The topological polar surface area (TPSA) is 135 Å². The van der Waals surface area contributed by atoms with Gasteiger partial charge in [-0.25, -0.2) is 9.97 Å². The molecule has 0 spiro atoms. The van der Waals surface area contributed by atoms with E-state index in [1.807, 2.05) is 0 Å². The van der Waals surface area contributed by atoms with Gasteiger partial charge in [0, 0.05) is 12.4 Å². The zero-order valence-corrected chi connectivity index (χ0v) is 13.6. The predicted molar refractivity (Wildman–Crippen MR) is 88.0 cm³/mol. The molecule has 136 valence electrons. The van der Waals surface area contributed by atoms with Gasteiger partial charge in [0.05, 0.1) is 25.9 Å². The molecule has 0 amide bonds. The van der Waals surface area contributed by atoms with Gasteiger partial charge in [-0.2, -0.15) is 0 Å². The molecular weight excluding hydrogens is 342 g/mol. The summed E-state index contributed by atoms with van der Waals surface area (Å²) >= 11 is 0. The van der Waals surface area contributed by atoms with E-state index in [1.165, 1.54) is 17.2 Å². The Morgan fingerprint density at radius 2 is 2.12 bits per heavy atom. The van der Waals surface area contributed by atoms with Crippen molar-refractivity contribution in [2.75, 3.05) is 6.61 Å². The number of H-pyrrole nitrogens is 1. The average Bonchev–Trinajstić information content (AvgIpc) is 3.23. The van der Waals surface area contributed by atoms with Gasteiger partial charge in [0.2, 0.25) is 0 Å². The Balaban J connectivity index is 1.65. The molecule has 4 heterocycles. The van der Waals surface area contributed by atoms with Crippen molar-refractivity contribution in [3.63, 3.8) is 0 Å². The summed E-state index contributed by atoms with van der Waals surface area (Å²) in [6, 6.07) is 3.60. The lowest BCUT2D eigenvalue weighted by Gasteiger charge is -2.22. The fourth-order valence-corrected chi connectivity index (χ4v) is 2.99. The molecule has 1 saturated heterocycles. The van der Waals surface area contributed by atoms with Gasteiger partial charge in [0.15, 0.2) is 17.4 Å². The highest BCUT2D eigenvalue weighted by Gasteiger charge is 2.45. The third kappa shape index (κ3) is 2.88. The number of imidazole rings is 1. The lowest BCUT2D eigenvalue weighted by atomic mass is 10.1. The molecule has 10 heteroatoms. The molecule has 4 rings (SSSR count). The van der Waals surface area contributed by atoms with E-state index >= 15 is 0 Å². The van der Waals surface area contributed by atoms with Gasteiger partial charge in [-0.1, -0.05) is 0 Å². The van der Waals surface area contributed by atoms with Crippen molar-refractivity contribution in [1.29, 1.82) is 0 Å². The quantitative estimate of drug-likeness (QED) is 0.547. The first kappa shape index (κ1) is 16.8. The average molecular weight is 359 g/mol. The van der Waals surface area contributed by atoms with Crippen molar-refractivity contribution in [3.05, 3.63) is 53.1 Å². The molecule has 0 radical (unpaired) electrons. The van der Waals surface area contributed by atoms with E-state index in [4.69, 9.17) is 9.47 Å². The molecule has 10 nitrogen and oxygen atoms in total. The van der Waals surface area contributed by atoms with Crippen LogP contribution in [0.25, 0.3) is 11.2 Å². The first-order chi connectivity index (χ1) is 12.7. The van der Waals surface area contributed by atoms with Crippen molar-refractivity contribution < 1.29 is 19.7 Å². The Bertz CT molecular complexity index is 943. The van der Waals surface area contributed by atoms with Crippen LogP contribution in [0.4, 0.5) is 0 Å². The number of fused-ring (bicyclic) bond motifs is 1. The van der Waals surface area contributed by atoms with Crippen LogP contribution >= 0.6 is 0 Å². The van der Waals surface area contributed by atoms with Crippen molar-refractivity contribution >= 4 is 11.2 Å². The van der Waals surface area contributed by atoms with Gasteiger partial charge >= 0.3 is 0 Å². The highest BCUT2D eigenvalue weighted by Crippen LogP contribution is 2.33. The number of hydrogen-bond donors (Lipinski definition) is 3. The zero-order valence-electron chi connectivity index (χ0n) is 13.6. The highest BCUT2D eigenvalue weighted by molar-refractivity contribution is 5.68. The summed E-state index contributed by atoms with van der Waals surface area (Å²) in [4.78, 5) is 26.4. The number of hydrogen-bond acceptors (Lipinski definition) is 8. The summed E-state index contributed by atoms with van der Waals surface area (Å²) in [7, 11) is 0. The summed E-state index contributed by atoms with van der Waals surface area (Å²) in [5.41, 5.74) is 0.969. The molecule has 1 fully saturated rings. The molecule has 4 atom stereocenters. The van der Waals surface area contributed by atoms with Crippen molar-refractivity contribution in [2.24, 2.45) is 0 Å². The van der Waals surface area contributed by atoms with Crippen molar-refractivity contribution in [3.8, 4) is 0 Å². The van der Waals surface area contributed by atoms with E-state index in [0.29, 0.717) is 5.65 Å². The van der Waals surface area contributed by atoms with E-state index in [0.717, 1.165) is 5.56 Å². The molecule has 0 aliphatic carbocycles. The number of ether oxygens (including phenoxy) is 2. The maximum Gasteiger partial charge on any atom is 0.278 e. The molecule has 1 aliphatic rings. The normalized spacial score (nSPS) is 25.8. The van der Waals surface area contributed by atoms with Crippen LogP contribution in [0.2, 0.25) is 0 Å². The molecular formula is C16H17N5O5. The first-order valence-corrected chi connectivity index (χ1v) is 8.04. The maximum absolute atomic E-state index is 11.8. The molecule has 3 N–H and O–H groups in total. The van der Waals surface area contributed by atoms with Crippen LogP contribution in [0, 0.1) is 0 Å². The Morgan fingerprint density at radius 1 is 1.31 bits per heavy atom. The number of nitrogens with zero attached hydrogens (tertiary/aromatic N) is 4. The lowest BCUT2D eigenvalue weighted by molar-refractivity contribution is -0.0761. The Kier molecular flexibility index (Phi) is 4.47. The Morgan fingerprint density at radius 3 is 2.88 bits per heavy atom. The predicted octanol–water partition coefficient (Wildman–Crippen LogP) is -0.649. The highest BCUT2D eigenvalue weighted by atomic mass is 16.6. The molecule has 3 aromatic heterocycles. The Labute approximate surface area is 147 Å². The van der Waals surface area contributed by atoms with Gasteiger partial charge in [-0.05, 0) is 17.7 Å². The molecule has 3 aromatic rings. The molecule has 0 bridgehead atoms. The summed E-state index contributed by atoms with van der Waals surface area (Å²) in [6.45, 7) is -0.143. The van der Waals surface area contributed by atoms with E-state index in [1.54, 1.807) is 24.5 Å². The van der Waals surface area contributed by atoms with Crippen molar-refractivity contribution in [1.82, 2.24) is 24.5 Å². The smallest absolute Gasteiger partial charge is 0.278 e. The summed E-state index contributed by atoms with van der Waals surface area (Å²) in [5.74, 6) is 0. The molecule has 1 aliphatic heterocycles. The summed E-state index contributed by atoms with van der Waals surface area (Å²) in [5, 5.41) is 19.9. The van der Waals surface area contributed by atoms with E-state index in [-0.39, 0.29) is 24.3 Å². The van der Waals surface area contributed by atoms with Gasteiger partial charge in [-0.15, -0.1) is 0 Å². The van der Waals surface area contributed by atoms with Gasteiger partial charge in [-0.3, -0.25) is 14.3 Å². The number of nitrogens with one attached hydrogen (secondary N) is 1. The molecule has 0 aromatic carbocycles. The van der Waals surface area contributed by atoms with Crippen LogP contribution in [-0.4, -0.2) is 59.6 Å². The van der Waals surface area contributed by atoms with Gasteiger partial charge < -0.3 is 24.7 Å². The van der Waals surface area contributed by atoms with Crippen LogP contribution < -0.4 is 5.56 Å². The van der Waals surface area contributed by atoms with Crippen LogP contribution in [0.3, 0.4) is 0 Å². The van der Waals surface area contributed by atoms with Gasteiger partial charge in [0.1, 0.15) is 18.3 Å². The van der Waals surface area contributed by atoms with E-state index in [2.05, 4.69) is 19.9 Å². The SMILES string of the molecule is O=c1[nH]cnc2c1ncn2[C@@H]1O[C@H](CO)[C@@H](O)[C@H]1OCc1ccncc1. The maximum atomic E-state index is 11.8. The monoisotopic (exact) mass is 359 g/mol. The Hall–Kier alpha value is -2.66. The number of aromatic amines is 1. The largest absolute Gasteiger partial charge is 0.394 e. The van der Waals surface area contributed by atoms with E-state index in [9.17, 15) is 15.0 Å². The first-order valence-electron chi connectivity index (χ1n) is 8.04.